The Kier molecular flexibility index (Phi) is 1.72. The average molecular weight is 154 g/mol. The van der Waals surface area contributed by atoms with Gasteiger partial charge in [-0.2, -0.15) is 0 Å². The van der Waals surface area contributed by atoms with Gasteiger partial charge in [0, 0.05) is 5.56 Å². The van der Waals surface area contributed by atoms with E-state index in [2.05, 4.69) is 0 Å². The Balaban J connectivity index is 3.59. The van der Waals surface area contributed by atoms with Gasteiger partial charge in [0.1, 0.15) is 11.5 Å². The third kappa shape index (κ3) is 1.13. The molecule has 0 aromatic carbocycles. The lowest BCUT2D eigenvalue weighted by molar-refractivity contribution is 0.420. The van der Waals surface area contributed by atoms with Gasteiger partial charge in [0.05, 0.1) is 5.56 Å². The van der Waals surface area contributed by atoms with Crippen molar-refractivity contribution >= 4 is 0 Å². The van der Waals surface area contributed by atoms with Crippen molar-refractivity contribution < 1.29 is 9.52 Å². The van der Waals surface area contributed by atoms with Crippen molar-refractivity contribution in [3.63, 3.8) is 0 Å². The SMILES string of the molecule is Cc1oc(=O)c(C)c(O)c1C. The molecule has 0 fully saturated rings. The summed E-state index contributed by atoms with van der Waals surface area (Å²) >= 11 is 0. The number of hydrogen-bond acceptors (Lipinski definition) is 3. The number of hydrogen-bond donors (Lipinski definition) is 1. The normalized spacial score (nSPS) is 10.1. The summed E-state index contributed by atoms with van der Waals surface area (Å²) in [5, 5.41) is 9.31. The van der Waals surface area contributed by atoms with Crippen LogP contribution in [0.5, 0.6) is 5.75 Å². The highest BCUT2D eigenvalue weighted by atomic mass is 16.4. The molecule has 3 nitrogen and oxygen atoms in total. The molecule has 1 rings (SSSR count). The zero-order chi connectivity index (χ0) is 8.59. The summed E-state index contributed by atoms with van der Waals surface area (Å²) < 4.78 is 4.80. The fourth-order valence-corrected chi connectivity index (χ4v) is 0.837. The molecule has 1 aromatic heterocycles. The van der Waals surface area contributed by atoms with Crippen LogP contribution in [-0.2, 0) is 0 Å². The lowest BCUT2D eigenvalue weighted by Gasteiger charge is -2.02. The van der Waals surface area contributed by atoms with E-state index in [0.29, 0.717) is 11.3 Å². The molecule has 0 aliphatic heterocycles. The van der Waals surface area contributed by atoms with Crippen LogP contribution in [0, 0.1) is 20.8 Å². The second-order valence-corrected chi connectivity index (χ2v) is 2.54. The van der Waals surface area contributed by atoms with E-state index in [4.69, 9.17) is 4.42 Å². The van der Waals surface area contributed by atoms with Gasteiger partial charge < -0.3 is 9.52 Å². The number of aryl methyl sites for hydroxylation is 1. The number of rotatable bonds is 0. The molecule has 0 bridgehead atoms. The van der Waals surface area contributed by atoms with Gasteiger partial charge in [-0.05, 0) is 20.8 Å². The van der Waals surface area contributed by atoms with E-state index in [1.165, 1.54) is 6.92 Å². The van der Waals surface area contributed by atoms with Crippen molar-refractivity contribution in [3.05, 3.63) is 27.3 Å². The van der Waals surface area contributed by atoms with E-state index in [0.717, 1.165) is 0 Å². The Morgan fingerprint density at radius 2 is 1.73 bits per heavy atom. The maximum absolute atomic E-state index is 10.9. The van der Waals surface area contributed by atoms with Gasteiger partial charge in [-0.25, -0.2) is 4.79 Å². The molecule has 0 spiro atoms. The second-order valence-electron chi connectivity index (χ2n) is 2.54. The van der Waals surface area contributed by atoms with Gasteiger partial charge in [0.25, 0.3) is 0 Å². The molecule has 3 heteroatoms. The second kappa shape index (κ2) is 2.42. The van der Waals surface area contributed by atoms with Gasteiger partial charge in [-0.3, -0.25) is 0 Å². The minimum absolute atomic E-state index is 0.0405. The zero-order valence-corrected chi connectivity index (χ0v) is 6.76. The minimum atomic E-state index is -0.467. The summed E-state index contributed by atoms with van der Waals surface area (Å²) in [7, 11) is 0. The van der Waals surface area contributed by atoms with E-state index in [1.807, 2.05) is 0 Å². The quantitative estimate of drug-likeness (QED) is 0.612. The van der Waals surface area contributed by atoms with Crippen LogP contribution in [0.15, 0.2) is 9.21 Å². The van der Waals surface area contributed by atoms with Gasteiger partial charge in [0.2, 0.25) is 0 Å². The van der Waals surface area contributed by atoms with Crippen LogP contribution in [0.25, 0.3) is 0 Å². The Hall–Kier alpha value is -1.25. The predicted octanol–water partition coefficient (Wildman–Crippen LogP) is 1.27. The van der Waals surface area contributed by atoms with E-state index in [9.17, 15) is 9.90 Å². The van der Waals surface area contributed by atoms with E-state index < -0.39 is 5.63 Å². The van der Waals surface area contributed by atoms with Gasteiger partial charge in [0.15, 0.2) is 0 Å². The van der Waals surface area contributed by atoms with Crippen molar-refractivity contribution in [3.8, 4) is 5.75 Å². The van der Waals surface area contributed by atoms with Crippen molar-refractivity contribution in [1.29, 1.82) is 0 Å². The molecule has 0 unspecified atom stereocenters. The van der Waals surface area contributed by atoms with Gasteiger partial charge in [-0.15, -0.1) is 0 Å². The molecule has 1 N–H and O–H groups in total. The third-order valence-electron chi connectivity index (χ3n) is 1.79. The summed E-state index contributed by atoms with van der Waals surface area (Å²) in [5.74, 6) is 0.511. The van der Waals surface area contributed by atoms with Gasteiger partial charge in [-0.1, -0.05) is 0 Å². The Morgan fingerprint density at radius 3 is 2.27 bits per heavy atom. The lowest BCUT2D eigenvalue weighted by atomic mass is 10.2. The highest BCUT2D eigenvalue weighted by molar-refractivity contribution is 5.37. The smallest absolute Gasteiger partial charge is 0.342 e. The van der Waals surface area contributed by atoms with Crippen LogP contribution in [0.4, 0.5) is 0 Å². The maximum atomic E-state index is 10.9. The molecule has 1 aromatic rings. The molecule has 0 radical (unpaired) electrons. The largest absolute Gasteiger partial charge is 0.507 e. The Bertz CT molecular complexity index is 336. The fraction of sp³-hybridized carbons (Fsp3) is 0.375. The molecular weight excluding hydrogens is 144 g/mol. The molecule has 0 saturated carbocycles. The topological polar surface area (TPSA) is 50.4 Å². The summed E-state index contributed by atoms with van der Waals surface area (Å²) in [6.07, 6.45) is 0. The van der Waals surface area contributed by atoms with Crippen molar-refractivity contribution in [2.75, 3.05) is 0 Å². The van der Waals surface area contributed by atoms with Crippen LogP contribution in [-0.4, -0.2) is 5.11 Å². The Morgan fingerprint density at radius 1 is 1.18 bits per heavy atom. The van der Waals surface area contributed by atoms with E-state index >= 15 is 0 Å². The van der Waals surface area contributed by atoms with Crippen molar-refractivity contribution in [2.45, 2.75) is 20.8 Å². The monoisotopic (exact) mass is 154 g/mol. The summed E-state index contributed by atoms with van der Waals surface area (Å²) in [6, 6.07) is 0. The summed E-state index contributed by atoms with van der Waals surface area (Å²) in [5.41, 5.74) is 0.431. The molecule has 1 heterocycles. The maximum Gasteiger partial charge on any atom is 0.342 e. The van der Waals surface area contributed by atoms with E-state index in [-0.39, 0.29) is 11.3 Å². The van der Waals surface area contributed by atoms with Crippen LogP contribution in [0.2, 0.25) is 0 Å². The van der Waals surface area contributed by atoms with Crippen LogP contribution >= 0.6 is 0 Å². The zero-order valence-electron chi connectivity index (χ0n) is 6.76. The first-order valence-corrected chi connectivity index (χ1v) is 3.34. The molecular formula is C8H10O3. The molecule has 0 atom stereocenters. The molecule has 60 valence electrons. The molecule has 11 heavy (non-hydrogen) atoms. The summed E-state index contributed by atoms with van der Waals surface area (Å²) in [6.45, 7) is 4.89. The van der Waals surface area contributed by atoms with Crippen LogP contribution < -0.4 is 5.63 Å². The molecule has 0 aliphatic rings. The minimum Gasteiger partial charge on any atom is -0.507 e. The van der Waals surface area contributed by atoms with E-state index in [1.54, 1.807) is 13.8 Å². The first kappa shape index (κ1) is 7.85. The molecule has 0 amide bonds. The van der Waals surface area contributed by atoms with Gasteiger partial charge >= 0.3 is 5.63 Å². The fourth-order valence-electron chi connectivity index (χ4n) is 0.837. The first-order valence-electron chi connectivity index (χ1n) is 3.34. The first-order chi connectivity index (χ1) is 5.04. The third-order valence-corrected chi connectivity index (χ3v) is 1.79. The van der Waals surface area contributed by atoms with Crippen LogP contribution in [0.1, 0.15) is 16.9 Å². The van der Waals surface area contributed by atoms with Crippen LogP contribution in [0.3, 0.4) is 0 Å². The summed E-state index contributed by atoms with van der Waals surface area (Å²) in [4.78, 5) is 10.9. The highest BCUT2D eigenvalue weighted by Gasteiger charge is 2.08. The molecule has 0 aliphatic carbocycles. The van der Waals surface area contributed by atoms with Crippen molar-refractivity contribution in [1.82, 2.24) is 0 Å². The average Bonchev–Trinajstić information content (AvgIpc) is 1.97. The Labute approximate surface area is 64.3 Å². The lowest BCUT2D eigenvalue weighted by Crippen LogP contribution is -2.05. The number of aromatic hydroxyl groups is 1. The van der Waals surface area contributed by atoms with Crippen molar-refractivity contribution in [2.24, 2.45) is 0 Å². The highest BCUT2D eigenvalue weighted by Crippen LogP contribution is 2.20. The molecule has 0 saturated heterocycles. The predicted molar refractivity (Wildman–Crippen MR) is 40.9 cm³/mol. The standard InChI is InChI=1S/C8H10O3/c1-4-6(3)11-8(10)5(2)7(4)9/h9H,1-3H3.